The van der Waals surface area contributed by atoms with Gasteiger partial charge in [-0.2, -0.15) is 0 Å². The first-order valence-corrected chi connectivity index (χ1v) is 12.0. The van der Waals surface area contributed by atoms with E-state index in [0.717, 1.165) is 16.5 Å². The van der Waals surface area contributed by atoms with Crippen LogP contribution < -0.4 is 21.7 Å². The highest BCUT2D eigenvalue weighted by Gasteiger charge is 2.33. The van der Waals surface area contributed by atoms with Crippen molar-refractivity contribution in [2.45, 2.75) is 64.7 Å². The number of aromatic amines is 1. The maximum Gasteiger partial charge on any atom is 0.326 e. The zero-order chi connectivity index (χ0) is 27.0. The van der Waals surface area contributed by atoms with E-state index >= 15 is 0 Å². The predicted molar refractivity (Wildman–Crippen MR) is 135 cm³/mol. The Morgan fingerprint density at radius 1 is 0.972 bits per heavy atom. The summed E-state index contributed by atoms with van der Waals surface area (Å²) in [6, 6.07) is 3.06. The van der Waals surface area contributed by atoms with Crippen LogP contribution >= 0.6 is 0 Å². The van der Waals surface area contributed by atoms with Crippen LogP contribution in [0.5, 0.6) is 0 Å². The molecular weight excluding hydrogens is 466 g/mol. The number of carboxylic acids is 1. The van der Waals surface area contributed by atoms with Crippen molar-refractivity contribution in [3.63, 3.8) is 0 Å². The Bertz CT molecular complexity index is 1070. The molecule has 3 amide bonds. The zero-order valence-corrected chi connectivity index (χ0v) is 21.1. The Morgan fingerprint density at radius 2 is 1.61 bits per heavy atom. The van der Waals surface area contributed by atoms with Crippen molar-refractivity contribution >= 4 is 34.6 Å². The lowest BCUT2D eigenvalue weighted by atomic mass is 9.96. The number of carbonyl (C=O) groups is 4. The van der Waals surface area contributed by atoms with Crippen LogP contribution in [0.4, 0.5) is 0 Å². The first-order valence-electron chi connectivity index (χ1n) is 12.0. The van der Waals surface area contributed by atoms with Gasteiger partial charge in [0.2, 0.25) is 17.7 Å². The maximum absolute atomic E-state index is 12.9. The highest BCUT2D eigenvalue weighted by Crippen LogP contribution is 2.19. The number of benzene rings is 1. The molecule has 1 heterocycles. The standard InChI is InChI=1S/C25H37N5O6/c1-5-14(4)21(24(34)29-20(13(2)3)25(35)36)30-23(33)19(12-31)28-22(32)17(26)10-15-11-27-18-9-7-6-8-16(15)18/h6-9,11,13-14,17,19-21,27,31H,5,10,12,26H2,1-4H3,(H,28,32)(H,29,34)(H,30,33)(H,35,36). The average molecular weight is 504 g/mol. The van der Waals surface area contributed by atoms with E-state index in [4.69, 9.17) is 5.73 Å². The molecule has 0 spiro atoms. The molecule has 5 atom stereocenters. The number of fused-ring (bicyclic) bond motifs is 1. The number of aliphatic hydroxyl groups is 1. The van der Waals surface area contributed by atoms with Crippen LogP contribution in [0.15, 0.2) is 30.5 Å². The Labute approximate surface area is 210 Å². The summed E-state index contributed by atoms with van der Waals surface area (Å²) in [6.07, 6.45) is 2.49. The predicted octanol–water partition coefficient (Wildman–Crippen LogP) is 0.271. The van der Waals surface area contributed by atoms with Crippen LogP contribution in [-0.2, 0) is 25.6 Å². The molecule has 0 aliphatic heterocycles. The van der Waals surface area contributed by atoms with Gasteiger partial charge in [-0.25, -0.2) is 4.79 Å². The van der Waals surface area contributed by atoms with E-state index in [0.29, 0.717) is 6.42 Å². The van der Waals surface area contributed by atoms with Crippen LogP contribution in [0.2, 0.25) is 0 Å². The van der Waals surface area contributed by atoms with Crippen LogP contribution in [-0.4, -0.2) is 69.7 Å². The lowest BCUT2D eigenvalue weighted by Crippen LogP contribution is -2.60. The topological polar surface area (TPSA) is 187 Å². The first-order chi connectivity index (χ1) is 17.0. The minimum Gasteiger partial charge on any atom is -0.480 e. The monoisotopic (exact) mass is 503 g/mol. The van der Waals surface area contributed by atoms with Crippen LogP contribution in [0.3, 0.4) is 0 Å². The number of H-pyrrole nitrogens is 1. The fourth-order valence-corrected chi connectivity index (χ4v) is 3.82. The van der Waals surface area contributed by atoms with Crippen molar-refractivity contribution in [3.05, 3.63) is 36.0 Å². The molecule has 11 heteroatoms. The largest absolute Gasteiger partial charge is 0.480 e. The molecule has 0 bridgehead atoms. The fourth-order valence-electron chi connectivity index (χ4n) is 3.82. The molecule has 1 aromatic heterocycles. The zero-order valence-electron chi connectivity index (χ0n) is 21.1. The van der Waals surface area contributed by atoms with Crippen molar-refractivity contribution in [1.29, 1.82) is 0 Å². The Balaban J connectivity index is 2.06. The molecule has 0 aliphatic rings. The maximum atomic E-state index is 12.9. The van der Waals surface area contributed by atoms with Crippen molar-refractivity contribution in [2.75, 3.05) is 6.61 Å². The van der Waals surface area contributed by atoms with E-state index in [-0.39, 0.29) is 18.3 Å². The van der Waals surface area contributed by atoms with Crippen molar-refractivity contribution in [1.82, 2.24) is 20.9 Å². The van der Waals surface area contributed by atoms with E-state index in [1.54, 1.807) is 27.0 Å². The lowest BCUT2D eigenvalue weighted by molar-refractivity contribution is -0.144. The smallest absolute Gasteiger partial charge is 0.326 e. The number of para-hydroxylation sites is 1. The van der Waals surface area contributed by atoms with Gasteiger partial charge in [-0.05, 0) is 29.9 Å². The molecule has 0 fully saturated rings. The van der Waals surface area contributed by atoms with Crippen molar-refractivity contribution in [2.24, 2.45) is 17.6 Å². The van der Waals surface area contributed by atoms with Gasteiger partial charge in [0.25, 0.3) is 0 Å². The number of hydrogen-bond donors (Lipinski definition) is 7. The number of amides is 3. The van der Waals surface area contributed by atoms with E-state index in [1.165, 1.54) is 0 Å². The third kappa shape index (κ3) is 7.28. The third-order valence-corrected chi connectivity index (χ3v) is 6.29. The molecule has 8 N–H and O–H groups in total. The number of aromatic nitrogens is 1. The minimum absolute atomic E-state index is 0.208. The molecule has 2 aromatic rings. The van der Waals surface area contributed by atoms with Gasteiger partial charge < -0.3 is 36.9 Å². The van der Waals surface area contributed by atoms with Gasteiger partial charge in [-0.3, -0.25) is 14.4 Å². The quantitative estimate of drug-likeness (QED) is 0.204. The highest BCUT2D eigenvalue weighted by atomic mass is 16.4. The number of carbonyl (C=O) groups excluding carboxylic acids is 3. The number of aliphatic carboxylic acids is 1. The van der Waals surface area contributed by atoms with Gasteiger partial charge in [-0.15, -0.1) is 0 Å². The SMILES string of the molecule is CCC(C)C(NC(=O)C(CO)NC(=O)C(N)Cc1c[nH]c2ccccc12)C(=O)NC(C(=O)O)C(C)C. The van der Waals surface area contributed by atoms with Gasteiger partial charge in [0.1, 0.15) is 18.1 Å². The normalized spacial score (nSPS) is 15.5. The van der Waals surface area contributed by atoms with E-state index < -0.39 is 54.5 Å². The Kier molecular flexibility index (Phi) is 10.4. The van der Waals surface area contributed by atoms with E-state index in [2.05, 4.69) is 20.9 Å². The molecule has 0 saturated heterocycles. The summed E-state index contributed by atoms with van der Waals surface area (Å²) in [5, 5.41) is 27.5. The number of nitrogens with two attached hydrogens (primary N) is 1. The average Bonchev–Trinajstić information content (AvgIpc) is 3.25. The number of rotatable bonds is 13. The summed E-state index contributed by atoms with van der Waals surface area (Å²) in [7, 11) is 0. The van der Waals surface area contributed by atoms with E-state index in [1.807, 2.05) is 31.2 Å². The van der Waals surface area contributed by atoms with Crippen LogP contribution in [0, 0.1) is 11.8 Å². The number of nitrogens with one attached hydrogen (secondary N) is 4. The molecule has 2 rings (SSSR count). The van der Waals surface area contributed by atoms with Gasteiger partial charge in [0.05, 0.1) is 12.6 Å². The van der Waals surface area contributed by atoms with Gasteiger partial charge in [0.15, 0.2) is 0 Å². The second-order valence-corrected chi connectivity index (χ2v) is 9.35. The highest BCUT2D eigenvalue weighted by molar-refractivity contribution is 5.94. The minimum atomic E-state index is -1.34. The second-order valence-electron chi connectivity index (χ2n) is 9.35. The van der Waals surface area contributed by atoms with Crippen LogP contribution in [0.1, 0.15) is 39.7 Å². The number of carboxylic acid groups (broad SMARTS) is 1. The molecule has 5 unspecified atom stereocenters. The van der Waals surface area contributed by atoms with Crippen molar-refractivity contribution in [3.8, 4) is 0 Å². The summed E-state index contributed by atoms with van der Waals surface area (Å²) >= 11 is 0. The molecule has 0 aliphatic carbocycles. The van der Waals surface area contributed by atoms with Gasteiger partial charge in [0, 0.05) is 17.1 Å². The molecule has 198 valence electrons. The Morgan fingerprint density at radius 3 is 2.19 bits per heavy atom. The summed E-state index contributed by atoms with van der Waals surface area (Å²) in [4.78, 5) is 53.1. The second kappa shape index (κ2) is 13.0. The molecule has 1 aromatic carbocycles. The molecule has 36 heavy (non-hydrogen) atoms. The van der Waals surface area contributed by atoms with Crippen LogP contribution in [0.25, 0.3) is 10.9 Å². The fraction of sp³-hybridized carbons (Fsp3) is 0.520. The molecular formula is C25H37N5O6. The van der Waals surface area contributed by atoms with Gasteiger partial charge in [-0.1, -0.05) is 52.3 Å². The molecule has 11 nitrogen and oxygen atoms in total. The van der Waals surface area contributed by atoms with E-state index in [9.17, 15) is 29.4 Å². The summed E-state index contributed by atoms with van der Waals surface area (Å²) in [5.74, 6) is -3.96. The third-order valence-electron chi connectivity index (χ3n) is 6.29. The Hall–Kier alpha value is -3.44. The lowest BCUT2D eigenvalue weighted by Gasteiger charge is -2.28. The summed E-state index contributed by atoms with van der Waals surface area (Å²) in [6.45, 7) is 6.16. The number of aliphatic hydroxyl groups excluding tert-OH is 1. The first kappa shape index (κ1) is 28.8. The summed E-state index contributed by atoms with van der Waals surface area (Å²) in [5.41, 5.74) is 7.82. The summed E-state index contributed by atoms with van der Waals surface area (Å²) < 4.78 is 0. The number of hydrogen-bond acceptors (Lipinski definition) is 6. The van der Waals surface area contributed by atoms with Crippen molar-refractivity contribution < 1.29 is 29.4 Å². The van der Waals surface area contributed by atoms with Gasteiger partial charge >= 0.3 is 5.97 Å². The molecule has 0 radical (unpaired) electrons. The molecule has 0 saturated carbocycles.